The van der Waals surface area contributed by atoms with E-state index in [9.17, 15) is 15.0 Å². The molecule has 1 atom stereocenters. The van der Waals surface area contributed by atoms with E-state index in [1.807, 2.05) is 0 Å². The number of hydrogen-bond donors (Lipinski definition) is 3. The first kappa shape index (κ1) is 18.2. The van der Waals surface area contributed by atoms with Gasteiger partial charge in [-0.1, -0.05) is 31.4 Å². The fourth-order valence-corrected chi connectivity index (χ4v) is 2.92. The molecule has 5 nitrogen and oxygen atoms in total. The number of benzodiazepines with no additional fused rings is 1. The molecule has 1 aliphatic rings. The summed E-state index contributed by atoms with van der Waals surface area (Å²) in [6.07, 6.45) is 5.47. The molecule has 0 spiro atoms. The van der Waals surface area contributed by atoms with E-state index in [0.29, 0.717) is 23.4 Å². The Bertz CT molecular complexity index is 956. The lowest BCUT2D eigenvalue weighted by molar-refractivity contribution is -0.117. The summed E-state index contributed by atoms with van der Waals surface area (Å²) >= 11 is 0. The van der Waals surface area contributed by atoms with E-state index < -0.39 is 6.04 Å². The van der Waals surface area contributed by atoms with Crippen molar-refractivity contribution in [2.75, 3.05) is 5.32 Å². The fourth-order valence-electron chi connectivity index (χ4n) is 2.92. The van der Waals surface area contributed by atoms with Crippen LogP contribution in [-0.4, -0.2) is 27.9 Å². The minimum Gasteiger partial charge on any atom is -0.508 e. The lowest BCUT2D eigenvalue weighted by atomic mass is 10.00. The van der Waals surface area contributed by atoms with Crippen LogP contribution in [0.2, 0.25) is 0 Å². The van der Waals surface area contributed by atoms with Gasteiger partial charge in [0.05, 0.1) is 11.4 Å². The molecule has 2 aromatic carbocycles. The van der Waals surface area contributed by atoms with Crippen LogP contribution in [0.15, 0.2) is 84.4 Å². The molecule has 5 heteroatoms. The molecule has 1 heterocycles. The highest BCUT2D eigenvalue weighted by Crippen LogP contribution is 2.29. The zero-order chi connectivity index (χ0) is 19.4. The number of carbonyl (C=O) groups is 1. The molecule has 0 bridgehead atoms. The van der Waals surface area contributed by atoms with Gasteiger partial charge in [-0.15, -0.1) is 0 Å². The third kappa shape index (κ3) is 3.98. The molecule has 0 saturated carbocycles. The second-order valence-corrected chi connectivity index (χ2v) is 6.15. The molecule has 3 N–H and O–H groups in total. The van der Waals surface area contributed by atoms with E-state index >= 15 is 0 Å². The van der Waals surface area contributed by atoms with Crippen LogP contribution in [-0.2, 0) is 4.79 Å². The summed E-state index contributed by atoms with van der Waals surface area (Å²) < 4.78 is 0. The second-order valence-electron chi connectivity index (χ2n) is 6.15. The Labute approximate surface area is 157 Å². The molecule has 1 aliphatic heterocycles. The van der Waals surface area contributed by atoms with Crippen LogP contribution in [0.3, 0.4) is 0 Å². The van der Waals surface area contributed by atoms with Crippen molar-refractivity contribution in [2.45, 2.75) is 12.5 Å². The Morgan fingerprint density at radius 1 is 1.11 bits per heavy atom. The molecule has 1 unspecified atom stereocenters. The van der Waals surface area contributed by atoms with Gasteiger partial charge < -0.3 is 15.5 Å². The van der Waals surface area contributed by atoms with Crippen molar-refractivity contribution in [2.24, 2.45) is 4.99 Å². The molecule has 1 amide bonds. The van der Waals surface area contributed by atoms with E-state index in [-0.39, 0.29) is 17.4 Å². The zero-order valence-electron chi connectivity index (χ0n) is 14.7. The summed E-state index contributed by atoms with van der Waals surface area (Å²) in [7, 11) is 0. The van der Waals surface area contributed by atoms with Gasteiger partial charge in [0.25, 0.3) is 0 Å². The lowest BCUT2D eigenvalue weighted by Crippen LogP contribution is -2.25. The summed E-state index contributed by atoms with van der Waals surface area (Å²) in [6, 6.07) is 10.6. The van der Waals surface area contributed by atoms with Gasteiger partial charge in [-0.2, -0.15) is 0 Å². The molecule has 0 aromatic heterocycles. The van der Waals surface area contributed by atoms with Crippen LogP contribution >= 0.6 is 0 Å². The number of allylic oxidation sites excluding steroid dienone is 3. The first-order chi connectivity index (χ1) is 13.0. The predicted molar refractivity (Wildman–Crippen MR) is 107 cm³/mol. The average molecular weight is 360 g/mol. The van der Waals surface area contributed by atoms with E-state index in [4.69, 9.17) is 4.99 Å². The van der Waals surface area contributed by atoms with Gasteiger partial charge in [-0.05, 0) is 48.0 Å². The highest BCUT2D eigenvalue weighted by atomic mass is 16.3. The van der Waals surface area contributed by atoms with E-state index in [1.54, 1.807) is 54.6 Å². The molecule has 0 fully saturated rings. The zero-order valence-corrected chi connectivity index (χ0v) is 14.7. The van der Waals surface area contributed by atoms with Crippen molar-refractivity contribution in [3.63, 3.8) is 0 Å². The van der Waals surface area contributed by atoms with Crippen molar-refractivity contribution in [3.05, 3.63) is 90.6 Å². The van der Waals surface area contributed by atoms with Crippen molar-refractivity contribution in [1.29, 1.82) is 0 Å². The minimum atomic E-state index is -0.674. The maximum Gasteiger partial charge on any atom is 0.249 e. The summed E-state index contributed by atoms with van der Waals surface area (Å²) in [6.45, 7) is 7.45. The predicted octanol–water partition coefficient (Wildman–Crippen LogP) is 3.94. The van der Waals surface area contributed by atoms with Gasteiger partial charge in [-0.3, -0.25) is 9.79 Å². The SMILES string of the molecule is C=C/C=C(\C=C)CC1N=C(c2ccc(O)cc2)c2cc(O)ccc2NC1=O. The van der Waals surface area contributed by atoms with Crippen LogP contribution in [0.25, 0.3) is 0 Å². The van der Waals surface area contributed by atoms with Crippen molar-refractivity contribution in [1.82, 2.24) is 0 Å². The van der Waals surface area contributed by atoms with Crippen molar-refractivity contribution >= 4 is 17.3 Å². The van der Waals surface area contributed by atoms with Crippen LogP contribution < -0.4 is 5.32 Å². The van der Waals surface area contributed by atoms with Gasteiger partial charge in [0.1, 0.15) is 17.5 Å². The fraction of sp³-hybridized carbons (Fsp3) is 0.0909. The van der Waals surface area contributed by atoms with Crippen LogP contribution in [0.4, 0.5) is 5.69 Å². The monoisotopic (exact) mass is 360 g/mol. The van der Waals surface area contributed by atoms with Gasteiger partial charge in [0, 0.05) is 17.5 Å². The second kappa shape index (κ2) is 7.74. The summed E-state index contributed by atoms with van der Waals surface area (Å²) in [5.74, 6) is -0.0310. The Morgan fingerprint density at radius 2 is 1.81 bits per heavy atom. The topological polar surface area (TPSA) is 81.9 Å². The number of carbonyl (C=O) groups excluding carboxylic acids is 1. The first-order valence-electron chi connectivity index (χ1n) is 8.47. The van der Waals surface area contributed by atoms with Crippen LogP contribution in [0.1, 0.15) is 17.5 Å². The number of aliphatic imine (C=N–C) groups is 1. The molecule has 0 aliphatic carbocycles. The smallest absolute Gasteiger partial charge is 0.249 e. The number of amides is 1. The number of nitrogens with one attached hydrogen (secondary N) is 1. The maximum absolute atomic E-state index is 12.7. The molecule has 2 aromatic rings. The summed E-state index contributed by atoms with van der Waals surface area (Å²) in [5, 5.41) is 22.4. The molecule has 136 valence electrons. The van der Waals surface area contributed by atoms with Crippen molar-refractivity contribution in [3.8, 4) is 11.5 Å². The van der Waals surface area contributed by atoms with Gasteiger partial charge in [0.2, 0.25) is 5.91 Å². The van der Waals surface area contributed by atoms with Gasteiger partial charge in [-0.25, -0.2) is 0 Å². The number of fused-ring (bicyclic) bond motifs is 1. The number of aromatic hydroxyl groups is 2. The number of hydrogen-bond acceptors (Lipinski definition) is 4. The van der Waals surface area contributed by atoms with E-state index in [2.05, 4.69) is 18.5 Å². The molecule has 27 heavy (non-hydrogen) atoms. The highest BCUT2D eigenvalue weighted by Gasteiger charge is 2.26. The lowest BCUT2D eigenvalue weighted by Gasteiger charge is -2.11. The summed E-state index contributed by atoms with van der Waals surface area (Å²) in [4.78, 5) is 17.4. The molecular formula is C22H20N2O3. The molecular weight excluding hydrogens is 340 g/mol. The minimum absolute atomic E-state index is 0.0752. The highest BCUT2D eigenvalue weighted by molar-refractivity contribution is 6.19. The number of benzene rings is 2. The third-order valence-corrected chi connectivity index (χ3v) is 4.27. The number of anilines is 1. The Morgan fingerprint density at radius 3 is 2.48 bits per heavy atom. The van der Waals surface area contributed by atoms with E-state index in [1.165, 1.54) is 6.07 Å². The normalized spacial score (nSPS) is 16.6. The largest absolute Gasteiger partial charge is 0.508 e. The number of rotatable bonds is 5. The number of phenols is 2. The number of nitrogens with zero attached hydrogens (tertiary/aromatic N) is 1. The summed E-state index contributed by atoms with van der Waals surface area (Å²) in [5.41, 5.74) is 3.32. The quantitative estimate of drug-likeness (QED) is 0.558. The molecule has 3 rings (SSSR count). The maximum atomic E-state index is 12.7. The van der Waals surface area contributed by atoms with Crippen LogP contribution in [0.5, 0.6) is 11.5 Å². The molecule has 0 saturated heterocycles. The van der Waals surface area contributed by atoms with Crippen molar-refractivity contribution < 1.29 is 15.0 Å². The van der Waals surface area contributed by atoms with Crippen LogP contribution in [0, 0.1) is 0 Å². The standard InChI is InChI=1S/C22H20N2O3/c1-3-5-14(4-2)12-20-22(27)24-19-11-10-17(26)13-18(19)21(23-20)15-6-8-16(25)9-7-15/h3-11,13,20,25-26H,1-2,12H2,(H,24,27)/b14-5+. The first-order valence-corrected chi connectivity index (χ1v) is 8.47. The van der Waals surface area contributed by atoms with Gasteiger partial charge in [0.15, 0.2) is 0 Å². The Balaban J connectivity index is 2.14. The Hall–Kier alpha value is -3.60. The third-order valence-electron chi connectivity index (χ3n) is 4.27. The number of phenolic OH excluding ortho intramolecular Hbond substituents is 2. The Kier molecular flexibility index (Phi) is 5.22. The molecule has 0 radical (unpaired) electrons. The van der Waals surface area contributed by atoms with Gasteiger partial charge >= 0.3 is 0 Å². The average Bonchev–Trinajstić information content (AvgIpc) is 2.79. The van der Waals surface area contributed by atoms with E-state index in [0.717, 1.165) is 11.1 Å².